The maximum Gasteiger partial charge on any atom is 0.320 e. The third-order valence-electron chi connectivity index (χ3n) is 6.68. The van der Waals surface area contributed by atoms with E-state index in [9.17, 15) is 4.79 Å². The van der Waals surface area contributed by atoms with Gasteiger partial charge in [0, 0.05) is 36.3 Å². The summed E-state index contributed by atoms with van der Waals surface area (Å²) in [5.41, 5.74) is 4.76. The zero-order chi connectivity index (χ0) is 23.7. The lowest BCUT2D eigenvalue weighted by Crippen LogP contribution is -2.39. The molecule has 174 valence electrons. The van der Waals surface area contributed by atoms with E-state index in [0.717, 1.165) is 35.3 Å². The molecule has 2 aromatic heterocycles. The first-order valence-electron chi connectivity index (χ1n) is 11.8. The number of nitrogens with zero attached hydrogens (tertiary/aromatic N) is 4. The van der Waals surface area contributed by atoms with Gasteiger partial charge in [0.25, 0.3) is 0 Å². The third kappa shape index (κ3) is 4.33. The second-order valence-corrected chi connectivity index (χ2v) is 9.27. The van der Waals surface area contributed by atoms with E-state index in [1.807, 2.05) is 56.6 Å². The van der Waals surface area contributed by atoms with Crippen molar-refractivity contribution >= 4 is 11.8 Å². The molecule has 7 heteroatoms. The molecule has 7 nitrogen and oxygen atoms in total. The topological polar surface area (TPSA) is 76.8 Å². The Morgan fingerprint density at radius 3 is 2.41 bits per heavy atom. The molecule has 0 spiro atoms. The van der Waals surface area contributed by atoms with Crippen molar-refractivity contribution in [3.63, 3.8) is 0 Å². The summed E-state index contributed by atoms with van der Waals surface area (Å²) in [5, 5.41) is 15.5. The number of anilines is 1. The van der Waals surface area contributed by atoms with E-state index in [4.69, 9.17) is 5.10 Å². The van der Waals surface area contributed by atoms with Crippen LogP contribution in [0.4, 0.5) is 10.6 Å². The van der Waals surface area contributed by atoms with Crippen LogP contribution in [0.2, 0.25) is 0 Å². The molecule has 34 heavy (non-hydrogen) atoms. The highest BCUT2D eigenvalue weighted by Crippen LogP contribution is 2.38. The van der Waals surface area contributed by atoms with Crippen LogP contribution in [0.1, 0.15) is 36.8 Å². The number of amides is 2. The van der Waals surface area contributed by atoms with Crippen molar-refractivity contribution < 1.29 is 4.79 Å². The van der Waals surface area contributed by atoms with Crippen LogP contribution in [-0.2, 0) is 7.05 Å². The molecule has 1 saturated carbocycles. The van der Waals surface area contributed by atoms with Gasteiger partial charge in [-0.1, -0.05) is 55.5 Å². The summed E-state index contributed by atoms with van der Waals surface area (Å²) in [6.45, 7) is 4.24. The van der Waals surface area contributed by atoms with Crippen LogP contribution in [0, 0.1) is 12.8 Å². The maximum atomic E-state index is 13.3. The number of hydrogen-bond donors (Lipinski definition) is 2. The van der Waals surface area contributed by atoms with Gasteiger partial charge in [-0.25, -0.2) is 9.48 Å². The number of aryl methyl sites for hydroxylation is 1. The predicted molar refractivity (Wildman–Crippen MR) is 134 cm³/mol. The van der Waals surface area contributed by atoms with Crippen LogP contribution in [0.3, 0.4) is 0 Å². The zero-order valence-corrected chi connectivity index (χ0v) is 19.8. The van der Waals surface area contributed by atoms with Crippen LogP contribution in [0.15, 0.2) is 73.1 Å². The standard InChI is InChI=1S/C27H30N6O/c1-18-14-23(20-10-6-4-7-11-20)24(15-18)29-27(34)30-26-19(2)25(21-16-28-32(3)17-21)31-33(26)22-12-8-5-9-13-22/h4-13,16-18,23-24H,14-15H2,1-3H3,(H2,29,30,34)/t18?,23-,24+/m0/s1. The Morgan fingerprint density at radius 2 is 1.74 bits per heavy atom. The normalized spacial score (nSPS) is 19.8. The molecule has 0 radical (unpaired) electrons. The number of aromatic nitrogens is 4. The van der Waals surface area contributed by atoms with Crippen molar-refractivity contribution in [2.24, 2.45) is 13.0 Å². The first kappa shape index (κ1) is 21.9. The van der Waals surface area contributed by atoms with Crippen LogP contribution < -0.4 is 10.6 Å². The van der Waals surface area contributed by atoms with Crippen LogP contribution >= 0.6 is 0 Å². The fourth-order valence-corrected chi connectivity index (χ4v) is 5.05. The van der Waals surface area contributed by atoms with E-state index in [-0.39, 0.29) is 12.1 Å². The number of benzene rings is 2. The predicted octanol–water partition coefficient (Wildman–Crippen LogP) is 5.29. The number of carbonyl (C=O) groups excluding carboxylic acids is 1. The highest BCUT2D eigenvalue weighted by Gasteiger charge is 2.34. The highest BCUT2D eigenvalue weighted by molar-refractivity contribution is 5.91. The average molecular weight is 455 g/mol. The lowest BCUT2D eigenvalue weighted by atomic mass is 9.94. The maximum absolute atomic E-state index is 13.3. The van der Waals surface area contributed by atoms with Crippen molar-refractivity contribution in [2.45, 2.75) is 38.6 Å². The molecule has 1 aliphatic carbocycles. The first-order valence-corrected chi connectivity index (χ1v) is 11.8. The lowest BCUT2D eigenvalue weighted by Gasteiger charge is -2.22. The molecule has 2 amide bonds. The number of urea groups is 1. The molecule has 1 unspecified atom stereocenters. The zero-order valence-electron chi connectivity index (χ0n) is 19.8. The summed E-state index contributed by atoms with van der Waals surface area (Å²) in [7, 11) is 1.88. The molecule has 1 aliphatic rings. The molecule has 1 fully saturated rings. The van der Waals surface area contributed by atoms with Crippen molar-refractivity contribution in [2.75, 3.05) is 5.32 Å². The lowest BCUT2D eigenvalue weighted by molar-refractivity contribution is 0.247. The van der Waals surface area contributed by atoms with Gasteiger partial charge >= 0.3 is 6.03 Å². The molecule has 3 atom stereocenters. The summed E-state index contributed by atoms with van der Waals surface area (Å²) in [4.78, 5) is 13.3. The minimum absolute atomic E-state index is 0.0867. The highest BCUT2D eigenvalue weighted by atomic mass is 16.2. The number of rotatable bonds is 5. The Hall–Kier alpha value is -3.87. The van der Waals surface area contributed by atoms with E-state index in [0.29, 0.717) is 17.7 Å². The van der Waals surface area contributed by atoms with Crippen molar-refractivity contribution in [3.05, 3.63) is 84.2 Å². The largest absolute Gasteiger partial charge is 0.334 e. The fraction of sp³-hybridized carbons (Fsp3) is 0.296. The molecule has 2 heterocycles. The van der Waals surface area contributed by atoms with E-state index in [2.05, 4.69) is 46.9 Å². The molecule has 0 aliphatic heterocycles. The van der Waals surface area contributed by atoms with Crippen LogP contribution in [0.25, 0.3) is 16.9 Å². The smallest absolute Gasteiger partial charge is 0.320 e. The summed E-state index contributed by atoms with van der Waals surface area (Å²) >= 11 is 0. The molecule has 5 rings (SSSR count). The minimum atomic E-state index is -0.210. The van der Waals surface area contributed by atoms with E-state index < -0.39 is 0 Å². The van der Waals surface area contributed by atoms with Gasteiger partial charge < -0.3 is 5.32 Å². The second-order valence-electron chi connectivity index (χ2n) is 9.27. The van der Waals surface area contributed by atoms with Crippen molar-refractivity contribution in [3.8, 4) is 16.9 Å². The van der Waals surface area contributed by atoms with Gasteiger partial charge in [0.05, 0.1) is 11.9 Å². The Morgan fingerprint density at radius 1 is 1.03 bits per heavy atom. The van der Waals surface area contributed by atoms with Gasteiger partial charge in [-0.2, -0.15) is 10.2 Å². The quantitative estimate of drug-likeness (QED) is 0.430. The van der Waals surface area contributed by atoms with E-state index in [1.54, 1.807) is 15.6 Å². The van der Waals surface area contributed by atoms with Gasteiger partial charge in [0.1, 0.15) is 11.5 Å². The number of carbonyl (C=O) groups is 1. The number of para-hydroxylation sites is 1. The molecule has 0 bridgehead atoms. The van der Waals surface area contributed by atoms with Gasteiger partial charge in [0.2, 0.25) is 0 Å². The van der Waals surface area contributed by atoms with Crippen molar-refractivity contribution in [1.82, 2.24) is 24.9 Å². The second kappa shape index (κ2) is 9.17. The number of nitrogens with one attached hydrogen (secondary N) is 2. The van der Waals surface area contributed by atoms with Gasteiger partial charge in [-0.15, -0.1) is 0 Å². The molecular formula is C27H30N6O. The summed E-state index contributed by atoms with van der Waals surface area (Å²) in [5.74, 6) is 1.53. The SMILES string of the molecule is Cc1c(-c2cnn(C)c2)nn(-c2ccccc2)c1NC(=O)N[C@@H]1CC(C)C[C@H]1c1ccccc1. The molecule has 0 saturated heterocycles. The van der Waals surface area contributed by atoms with Crippen LogP contribution in [-0.4, -0.2) is 31.6 Å². The summed E-state index contributed by atoms with van der Waals surface area (Å²) in [6, 6.07) is 20.2. The monoisotopic (exact) mass is 454 g/mol. The van der Waals surface area contributed by atoms with Crippen LogP contribution in [0.5, 0.6) is 0 Å². The van der Waals surface area contributed by atoms with Gasteiger partial charge in [0.15, 0.2) is 0 Å². The molecule has 2 aromatic carbocycles. The minimum Gasteiger partial charge on any atom is -0.334 e. The molecule has 2 N–H and O–H groups in total. The summed E-state index contributed by atoms with van der Waals surface area (Å²) in [6.07, 6.45) is 5.75. The van der Waals surface area contributed by atoms with Crippen molar-refractivity contribution in [1.29, 1.82) is 0 Å². The Balaban J connectivity index is 1.43. The fourth-order valence-electron chi connectivity index (χ4n) is 5.05. The molecule has 4 aromatic rings. The Labute approximate surface area is 199 Å². The van der Waals surface area contributed by atoms with Gasteiger partial charge in [-0.05, 0) is 43.4 Å². The van der Waals surface area contributed by atoms with E-state index >= 15 is 0 Å². The molecular weight excluding hydrogens is 424 g/mol. The Kier molecular flexibility index (Phi) is 5.92. The van der Waals surface area contributed by atoms with Gasteiger partial charge in [-0.3, -0.25) is 10.00 Å². The Bertz CT molecular complexity index is 1280. The van der Waals surface area contributed by atoms with E-state index in [1.165, 1.54) is 5.56 Å². The average Bonchev–Trinajstić information content (AvgIpc) is 3.52. The first-order chi connectivity index (χ1) is 16.5. The third-order valence-corrected chi connectivity index (χ3v) is 6.68. The summed E-state index contributed by atoms with van der Waals surface area (Å²) < 4.78 is 3.55. The number of hydrogen-bond acceptors (Lipinski definition) is 3.